The van der Waals surface area contributed by atoms with E-state index in [2.05, 4.69) is 258 Å². The van der Waals surface area contributed by atoms with E-state index in [0.717, 1.165) is 12.8 Å². The van der Waals surface area contributed by atoms with Crippen LogP contribution in [-0.2, 0) is 0 Å². The highest BCUT2D eigenvalue weighted by atomic mass is 15.2. The molecule has 2 heteroatoms. The van der Waals surface area contributed by atoms with Crippen molar-refractivity contribution in [2.24, 2.45) is 0 Å². The lowest BCUT2D eigenvalue weighted by Crippen LogP contribution is -2.30. The maximum Gasteiger partial charge on any atom is 0.0566 e. The number of hydrogen-bond acceptors (Lipinski definition) is 1. The zero-order valence-electron chi connectivity index (χ0n) is 38.1. The number of para-hydroxylation sites is 1. The Hall–Kier alpha value is -7.94. The van der Waals surface area contributed by atoms with E-state index < -0.39 is 0 Å². The summed E-state index contributed by atoms with van der Waals surface area (Å²) in [6.45, 7) is 0. The molecule has 2 heterocycles. The molecular formula is C66H52N2. The van der Waals surface area contributed by atoms with Gasteiger partial charge in [0.05, 0.1) is 6.04 Å². The molecule has 0 spiro atoms. The van der Waals surface area contributed by atoms with E-state index in [1.807, 2.05) is 0 Å². The molecule has 9 aromatic carbocycles. The van der Waals surface area contributed by atoms with Crippen LogP contribution in [0.25, 0.3) is 56.2 Å². The van der Waals surface area contributed by atoms with Crippen molar-refractivity contribution in [1.82, 2.24) is 4.57 Å². The molecule has 1 aliphatic heterocycles. The van der Waals surface area contributed by atoms with Crippen LogP contribution in [0.2, 0.25) is 0 Å². The molecule has 4 atom stereocenters. The highest BCUT2D eigenvalue weighted by Gasteiger charge is 2.39. The van der Waals surface area contributed by atoms with E-state index in [0.29, 0.717) is 12.0 Å². The first-order chi connectivity index (χ1) is 33.7. The SMILES string of the molecule is C1=CC2c3cc(-c4ccc(-c5ccc6c(c5)c5cc([C@@H](c7ccccc7)C(c7ccccc7)c7ccccc7)ccc5n6C5C=c6ccccc6=CC5)cc4)ccc3N(c3ccccc3)C2CC1. The molecule has 0 radical (unpaired) electrons. The molecule has 1 aromatic heterocycles. The summed E-state index contributed by atoms with van der Waals surface area (Å²) in [6, 6.07) is 84.7. The second kappa shape index (κ2) is 17.0. The summed E-state index contributed by atoms with van der Waals surface area (Å²) in [4.78, 5) is 2.59. The Labute approximate surface area is 399 Å². The number of benzene rings is 9. The minimum atomic E-state index is 0.0848. The van der Waals surface area contributed by atoms with Crippen LogP contribution in [0.1, 0.15) is 70.9 Å². The number of anilines is 2. The lowest BCUT2D eigenvalue weighted by Gasteiger charge is -2.31. The standard InChI is InChI=1S/C66H52N2/c1-5-18-48(19-6-1)65(49-20-7-2-8-21-49)66(50-22-9-3-10-23-50)54-36-40-64-60(44-54)59-43-53(35-39-63(59)68(64)56-37-33-45-17-13-14-24-51(45)41-56)47-31-29-46(30-32-47)52-34-38-62-58(42-52)57-27-15-16-28-61(57)67(62)55-25-11-4-12-26-55/h1-15,17-27,29-36,38-44,56-57,61,65-66H,16,28,37H2/t56?,57?,61?,66-/m1/s1. The molecule has 0 bridgehead atoms. The first-order valence-corrected chi connectivity index (χ1v) is 24.5. The molecule has 326 valence electrons. The fourth-order valence-electron chi connectivity index (χ4n) is 12.1. The Kier molecular flexibility index (Phi) is 10.1. The van der Waals surface area contributed by atoms with Crippen LogP contribution >= 0.6 is 0 Å². The average Bonchev–Trinajstić information content (AvgIpc) is 3.93. The van der Waals surface area contributed by atoms with E-state index in [1.165, 1.54) is 100 Å². The Bertz CT molecular complexity index is 3570. The zero-order valence-corrected chi connectivity index (χ0v) is 38.1. The van der Waals surface area contributed by atoms with Gasteiger partial charge in [-0.05, 0) is 128 Å². The summed E-state index contributed by atoms with van der Waals surface area (Å²) in [5.74, 6) is 0.602. The van der Waals surface area contributed by atoms with Crippen molar-refractivity contribution < 1.29 is 0 Å². The van der Waals surface area contributed by atoms with Crippen LogP contribution in [-0.4, -0.2) is 10.6 Å². The van der Waals surface area contributed by atoms with Gasteiger partial charge in [0.15, 0.2) is 0 Å². The van der Waals surface area contributed by atoms with Crippen LogP contribution in [0.5, 0.6) is 0 Å². The van der Waals surface area contributed by atoms with Gasteiger partial charge in [0, 0.05) is 57.0 Å². The molecule has 2 nitrogen and oxygen atoms in total. The summed E-state index contributed by atoms with van der Waals surface area (Å²) in [7, 11) is 0. The minimum Gasteiger partial charge on any atom is -0.337 e. The average molecular weight is 873 g/mol. The van der Waals surface area contributed by atoms with Crippen molar-refractivity contribution in [2.75, 3.05) is 4.90 Å². The topological polar surface area (TPSA) is 8.17 Å². The van der Waals surface area contributed by atoms with Crippen LogP contribution in [0.4, 0.5) is 11.4 Å². The summed E-state index contributed by atoms with van der Waals surface area (Å²) in [5, 5.41) is 5.20. The molecule has 68 heavy (non-hydrogen) atoms. The Morgan fingerprint density at radius 3 is 1.63 bits per heavy atom. The second-order valence-corrected chi connectivity index (χ2v) is 19.0. The van der Waals surface area contributed by atoms with E-state index in [-0.39, 0.29) is 17.9 Å². The van der Waals surface area contributed by atoms with Crippen molar-refractivity contribution in [1.29, 1.82) is 0 Å². The van der Waals surface area contributed by atoms with Crippen LogP contribution in [0.3, 0.4) is 0 Å². The molecule has 13 rings (SSSR count). The quantitative estimate of drug-likeness (QED) is 0.131. The maximum atomic E-state index is 2.61. The maximum absolute atomic E-state index is 2.61. The zero-order chi connectivity index (χ0) is 45.0. The predicted molar refractivity (Wildman–Crippen MR) is 285 cm³/mol. The third-order valence-electron chi connectivity index (χ3n) is 15.2. The Balaban J connectivity index is 0.933. The number of hydrogen-bond donors (Lipinski definition) is 0. The lowest BCUT2D eigenvalue weighted by atomic mass is 9.73. The Morgan fingerprint density at radius 1 is 0.441 bits per heavy atom. The van der Waals surface area contributed by atoms with Crippen molar-refractivity contribution >= 4 is 45.3 Å². The molecule has 0 saturated heterocycles. The van der Waals surface area contributed by atoms with E-state index in [9.17, 15) is 0 Å². The van der Waals surface area contributed by atoms with Crippen molar-refractivity contribution in [3.05, 3.63) is 275 Å². The molecule has 3 unspecified atom stereocenters. The Morgan fingerprint density at radius 2 is 0.971 bits per heavy atom. The third-order valence-corrected chi connectivity index (χ3v) is 15.2. The van der Waals surface area contributed by atoms with E-state index in [4.69, 9.17) is 0 Å². The fourth-order valence-corrected chi connectivity index (χ4v) is 12.1. The molecule has 0 N–H and O–H groups in total. The number of nitrogens with zero attached hydrogens (tertiary/aromatic N) is 2. The van der Waals surface area contributed by atoms with Crippen LogP contribution in [0.15, 0.2) is 237 Å². The number of allylic oxidation sites excluding steroid dienone is 1. The van der Waals surface area contributed by atoms with Gasteiger partial charge in [0.1, 0.15) is 0 Å². The van der Waals surface area contributed by atoms with Crippen molar-refractivity contribution in [2.45, 2.75) is 49.1 Å². The van der Waals surface area contributed by atoms with Crippen molar-refractivity contribution in [3.8, 4) is 22.3 Å². The molecule has 10 aromatic rings. The van der Waals surface area contributed by atoms with Gasteiger partial charge in [-0.1, -0.05) is 200 Å². The summed E-state index contributed by atoms with van der Waals surface area (Å²) in [6.07, 6.45) is 13.0. The van der Waals surface area contributed by atoms with Gasteiger partial charge in [0.2, 0.25) is 0 Å². The normalized spacial score (nSPS) is 17.6. The van der Waals surface area contributed by atoms with Gasteiger partial charge in [0.25, 0.3) is 0 Å². The molecule has 2 aliphatic carbocycles. The van der Waals surface area contributed by atoms with Crippen LogP contribution < -0.4 is 15.3 Å². The van der Waals surface area contributed by atoms with Crippen molar-refractivity contribution in [3.63, 3.8) is 0 Å². The van der Waals surface area contributed by atoms with Gasteiger partial charge in [-0.25, -0.2) is 0 Å². The lowest BCUT2D eigenvalue weighted by molar-refractivity contribution is 0.565. The largest absolute Gasteiger partial charge is 0.337 e. The molecular weight excluding hydrogens is 821 g/mol. The smallest absolute Gasteiger partial charge is 0.0566 e. The van der Waals surface area contributed by atoms with E-state index in [1.54, 1.807) is 0 Å². The highest BCUT2D eigenvalue weighted by Crippen LogP contribution is 2.50. The predicted octanol–water partition coefficient (Wildman–Crippen LogP) is 15.3. The second-order valence-electron chi connectivity index (χ2n) is 19.0. The summed E-state index contributed by atoms with van der Waals surface area (Å²) < 4.78 is 2.61. The van der Waals surface area contributed by atoms with Gasteiger partial charge in [-0.2, -0.15) is 0 Å². The monoisotopic (exact) mass is 872 g/mol. The fraction of sp³-hybridized carbons (Fsp3) is 0.121. The summed E-state index contributed by atoms with van der Waals surface area (Å²) >= 11 is 0. The van der Waals surface area contributed by atoms with Gasteiger partial charge >= 0.3 is 0 Å². The summed E-state index contributed by atoms with van der Waals surface area (Å²) in [5.41, 5.74) is 16.8. The molecule has 3 aliphatic rings. The first-order valence-electron chi connectivity index (χ1n) is 24.5. The first kappa shape index (κ1) is 40.3. The number of rotatable bonds is 9. The molecule has 0 fully saturated rings. The molecule has 0 saturated carbocycles. The van der Waals surface area contributed by atoms with Gasteiger partial charge < -0.3 is 9.47 Å². The number of fused-ring (bicyclic) bond motifs is 7. The third kappa shape index (κ3) is 7.02. The van der Waals surface area contributed by atoms with Gasteiger partial charge in [-0.3, -0.25) is 0 Å². The minimum absolute atomic E-state index is 0.0848. The number of aromatic nitrogens is 1. The van der Waals surface area contributed by atoms with Gasteiger partial charge in [-0.15, -0.1) is 0 Å². The van der Waals surface area contributed by atoms with E-state index >= 15 is 0 Å². The highest BCUT2D eigenvalue weighted by molar-refractivity contribution is 6.10. The molecule has 0 amide bonds. The van der Waals surface area contributed by atoms with Crippen LogP contribution in [0, 0.1) is 0 Å².